The molecule has 3 heteroatoms. The maximum Gasteiger partial charge on any atom is 0.0234 e. The van der Waals surface area contributed by atoms with Gasteiger partial charge in [-0.2, -0.15) is 0 Å². The fraction of sp³-hybridized carbons (Fsp3) is 0.600. The van der Waals surface area contributed by atoms with Crippen LogP contribution in [0.5, 0.6) is 0 Å². The van der Waals surface area contributed by atoms with Crippen LogP contribution < -0.4 is 5.32 Å². The largest absolute Gasteiger partial charge is 0.311 e. The van der Waals surface area contributed by atoms with Gasteiger partial charge in [-0.25, -0.2) is 0 Å². The predicted octanol–water partition coefficient (Wildman–Crippen LogP) is 3.66. The SMILES string of the molecule is CC(CNC(C)(C)C)N(C)Cc1ccc(Br)cc1. The summed E-state index contributed by atoms with van der Waals surface area (Å²) in [6.07, 6.45) is 0. The number of rotatable bonds is 5. The van der Waals surface area contributed by atoms with E-state index in [4.69, 9.17) is 0 Å². The van der Waals surface area contributed by atoms with Crippen LogP contribution in [0.1, 0.15) is 33.3 Å². The Hall–Kier alpha value is -0.380. The molecule has 2 nitrogen and oxygen atoms in total. The fourth-order valence-corrected chi connectivity index (χ4v) is 1.91. The van der Waals surface area contributed by atoms with Crippen LogP contribution in [-0.2, 0) is 6.54 Å². The van der Waals surface area contributed by atoms with Crippen LogP contribution in [0, 0.1) is 0 Å². The number of hydrogen-bond donors (Lipinski definition) is 1. The maximum absolute atomic E-state index is 3.55. The van der Waals surface area contributed by atoms with Crippen LogP contribution in [0.15, 0.2) is 28.7 Å². The smallest absolute Gasteiger partial charge is 0.0234 e. The van der Waals surface area contributed by atoms with Crippen molar-refractivity contribution in [2.24, 2.45) is 0 Å². The third kappa shape index (κ3) is 5.98. The first-order chi connectivity index (χ1) is 8.28. The molecule has 0 saturated heterocycles. The highest BCUT2D eigenvalue weighted by Gasteiger charge is 2.14. The van der Waals surface area contributed by atoms with Crippen molar-refractivity contribution in [3.8, 4) is 0 Å². The van der Waals surface area contributed by atoms with Crippen molar-refractivity contribution in [1.82, 2.24) is 10.2 Å². The third-order valence-corrected chi connectivity index (χ3v) is 3.55. The highest BCUT2D eigenvalue weighted by molar-refractivity contribution is 9.10. The number of likely N-dealkylation sites (N-methyl/N-ethyl adjacent to an activating group) is 1. The van der Waals surface area contributed by atoms with Crippen LogP contribution >= 0.6 is 15.9 Å². The van der Waals surface area contributed by atoms with Gasteiger partial charge in [0.2, 0.25) is 0 Å². The third-order valence-electron chi connectivity index (χ3n) is 3.03. The lowest BCUT2D eigenvalue weighted by molar-refractivity contribution is 0.228. The fourth-order valence-electron chi connectivity index (χ4n) is 1.64. The lowest BCUT2D eigenvalue weighted by atomic mass is 10.1. The van der Waals surface area contributed by atoms with Crippen molar-refractivity contribution in [3.63, 3.8) is 0 Å². The molecule has 0 amide bonds. The van der Waals surface area contributed by atoms with E-state index in [2.05, 4.69) is 85.2 Å². The first-order valence-electron chi connectivity index (χ1n) is 6.47. The molecule has 0 spiro atoms. The molecule has 18 heavy (non-hydrogen) atoms. The Balaban J connectivity index is 2.44. The van der Waals surface area contributed by atoms with Gasteiger partial charge < -0.3 is 5.32 Å². The molecule has 0 aliphatic rings. The van der Waals surface area contributed by atoms with E-state index in [1.165, 1.54) is 5.56 Å². The van der Waals surface area contributed by atoms with Crippen LogP contribution in [-0.4, -0.2) is 30.1 Å². The van der Waals surface area contributed by atoms with Gasteiger partial charge in [-0.3, -0.25) is 4.90 Å². The normalized spacial score (nSPS) is 13.9. The molecule has 0 radical (unpaired) electrons. The second kappa shape index (κ2) is 6.69. The van der Waals surface area contributed by atoms with E-state index in [1.807, 2.05) is 0 Å². The van der Waals surface area contributed by atoms with Crippen molar-refractivity contribution in [3.05, 3.63) is 34.3 Å². The van der Waals surface area contributed by atoms with Gasteiger partial charge in [0.1, 0.15) is 0 Å². The summed E-state index contributed by atoms with van der Waals surface area (Å²) in [6, 6.07) is 9.06. The van der Waals surface area contributed by atoms with Crippen LogP contribution in [0.3, 0.4) is 0 Å². The molecule has 0 fully saturated rings. The Morgan fingerprint density at radius 3 is 2.28 bits per heavy atom. The summed E-state index contributed by atoms with van der Waals surface area (Å²) in [5.41, 5.74) is 1.54. The molecule has 1 rings (SSSR count). The van der Waals surface area contributed by atoms with Gasteiger partial charge >= 0.3 is 0 Å². The molecular formula is C15H25BrN2. The second-order valence-corrected chi connectivity index (χ2v) is 6.94. The second-order valence-electron chi connectivity index (χ2n) is 6.02. The van der Waals surface area contributed by atoms with E-state index in [-0.39, 0.29) is 5.54 Å². The first-order valence-corrected chi connectivity index (χ1v) is 7.27. The van der Waals surface area contributed by atoms with Gasteiger partial charge in [0.25, 0.3) is 0 Å². The number of nitrogens with one attached hydrogen (secondary N) is 1. The van der Waals surface area contributed by atoms with E-state index in [0.717, 1.165) is 17.6 Å². The zero-order chi connectivity index (χ0) is 13.8. The highest BCUT2D eigenvalue weighted by Crippen LogP contribution is 2.12. The minimum atomic E-state index is 0.187. The van der Waals surface area contributed by atoms with Crippen molar-refractivity contribution in [1.29, 1.82) is 0 Å². The molecule has 1 N–H and O–H groups in total. The predicted molar refractivity (Wildman–Crippen MR) is 82.8 cm³/mol. The summed E-state index contributed by atoms with van der Waals surface area (Å²) in [7, 11) is 2.18. The zero-order valence-electron chi connectivity index (χ0n) is 12.1. The Morgan fingerprint density at radius 2 is 1.78 bits per heavy atom. The van der Waals surface area contributed by atoms with E-state index in [9.17, 15) is 0 Å². The molecule has 0 aromatic heterocycles. The molecule has 1 aromatic rings. The van der Waals surface area contributed by atoms with Gasteiger partial charge in [-0.05, 0) is 52.4 Å². The number of halogens is 1. The molecule has 1 unspecified atom stereocenters. The van der Waals surface area contributed by atoms with Gasteiger partial charge in [0.05, 0.1) is 0 Å². The summed E-state index contributed by atoms with van der Waals surface area (Å²) in [6.45, 7) is 10.9. The molecule has 1 atom stereocenters. The molecule has 102 valence electrons. The summed E-state index contributed by atoms with van der Waals surface area (Å²) < 4.78 is 1.14. The monoisotopic (exact) mass is 312 g/mol. The first kappa shape index (κ1) is 15.7. The maximum atomic E-state index is 3.55. The molecule has 0 saturated carbocycles. The highest BCUT2D eigenvalue weighted by atomic mass is 79.9. The lowest BCUT2D eigenvalue weighted by Crippen LogP contribution is -2.44. The summed E-state index contributed by atoms with van der Waals surface area (Å²) in [5.74, 6) is 0. The van der Waals surface area contributed by atoms with Crippen LogP contribution in [0.2, 0.25) is 0 Å². The number of hydrogen-bond acceptors (Lipinski definition) is 2. The average Bonchev–Trinajstić information content (AvgIpc) is 2.28. The minimum absolute atomic E-state index is 0.187. The molecule has 0 aliphatic carbocycles. The quantitative estimate of drug-likeness (QED) is 0.892. The number of nitrogens with zero attached hydrogens (tertiary/aromatic N) is 1. The molecule has 0 heterocycles. The van der Waals surface area contributed by atoms with Crippen LogP contribution in [0.25, 0.3) is 0 Å². The van der Waals surface area contributed by atoms with Crippen molar-refractivity contribution >= 4 is 15.9 Å². The van der Waals surface area contributed by atoms with E-state index in [0.29, 0.717) is 6.04 Å². The Kier molecular flexibility index (Phi) is 5.83. The Labute approximate surface area is 120 Å². The topological polar surface area (TPSA) is 15.3 Å². The summed E-state index contributed by atoms with van der Waals surface area (Å²) in [5, 5.41) is 3.55. The van der Waals surface area contributed by atoms with Gasteiger partial charge in [0, 0.05) is 29.1 Å². The lowest BCUT2D eigenvalue weighted by Gasteiger charge is -2.29. The summed E-state index contributed by atoms with van der Waals surface area (Å²) >= 11 is 3.46. The average molecular weight is 313 g/mol. The molecule has 0 bridgehead atoms. The number of benzene rings is 1. The molecule has 0 aliphatic heterocycles. The standard InChI is InChI=1S/C15H25BrN2/c1-12(10-17-15(2,3)4)18(5)11-13-6-8-14(16)9-7-13/h6-9,12,17H,10-11H2,1-5H3. The minimum Gasteiger partial charge on any atom is -0.311 e. The van der Waals surface area contributed by atoms with Gasteiger partial charge in [-0.15, -0.1) is 0 Å². The van der Waals surface area contributed by atoms with E-state index >= 15 is 0 Å². The van der Waals surface area contributed by atoms with Crippen molar-refractivity contribution < 1.29 is 0 Å². The molecule has 1 aromatic carbocycles. The van der Waals surface area contributed by atoms with E-state index in [1.54, 1.807) is 0 Å². The van der Waals surface area contributed by atoms with Gasteiger partial charge in [-0.1, -0.05) is 28.1 Å². The van der Waals surface area contributed by atoms with Crippen molar-refractivity contribution in [2.75, 3.05) is 13.6 Å². The molecular weight excluding hydrogens is 288 g/mol. The van der Waals surface area contributed by atoms with Crippen molar-refractivity contribution in [2.45, 2.75) is 45.8 Å². The zero-order valence-corrected chi connectivity index (χ0v) is 13.7. The Morgan fingerprint density at radius 1 is 1.22 bits per heavy atom. The van der Waals surface area contributed by atoms with Crippen LogP contribution in [0.4, 0.5) is 0 Å². The van der Waals surface area contributed by atoms with E-state index < -0.39 is 0 Å². The van der Waals surface area contributed by atoms with Gasteiger partial charge in [0.15, 0.2) is 0 Å². The Bertz CT molecular complexity index is 354. The summed E-state index contributed by atoms with van der Waals surface area (Å²) in [4.78, 5) is 2.38.